The Labute approximate surface area is 156 Å². The molecule has 0 bridgehead atoms. The molecule has 2 aromatic carbocycles. The minimum atomic E-state index is 0.100. The smallest absolute Gasteiger partial charge is 0.0725 e. The number of pyridine rings is 1. The molecule has 2 N–H and O–H groups in total. The van der Waals surface area contributed by atoms with Crippen LogP contribution >= 0.6 is 0 Å². The molecule has 0 aliphatic rings. The van der Waals surface area contributed by atoms with Gasteiger partial charge in [-0.1, -0.05) is 12.1 Å². The molecule has 3 rings (SSSR count). The first-order valence-corrected chi connectivity index (χ1v) is 9.20. The second-order valence-electron chi connectivity index (χ2n) is 8.18. The van der Waals surface area contributed by atoms with Crippen molar-refractivity contribution in [3.63, 3.8) is 0 Å². The number of benzene rings is 2. The quantitative estimate of drug-likeness (QED) is 0.627. The van der Waals surface area contributed by atoms with E-state index in [0.717, 1.165) is 28.8 Å². The number of nitrogens with zero attached hydrogens (tertiary/aromatic N) is 1. The predicted octanol–water partition coefficient (Wildman–Crippen LogP) is 5.79. The van der Waals surface area contributed by atoms with E-state index in [2.05, 4.69) is 87.5 Å². The number of aryl methyl sites for hydroxylation is 2. The van der Waals surface area contributed by atoms with Gasteiger partial charge in [-0.25, -0.2) is 0 Å². The van der Waals surface area contributed by atoms with Crippen LogP contribution in [0.1, 0.15) is 43.0 Å². The summed E-state index contributed by atoms with van der Waals surface area (Å²) in [7, 11) is 0. The number of aromatic nitrogens is 1. The normalized spacial score (nSPS) is 11.8. The maximum Gasteiger partial charge on any atom is 0.0725 e. The van der Waals surface area contributed by atoms with Gasteiger partial charge in [0.2, 0.25) is 0 Å². The molecule has 0 saturated heterocycles. The lowest BCUT2D eigenvalue weighted by atomic mass is 10.0. The van der Waals surface area contributed by atoms with Gasteiger partial charge in [-0.15, -0.1) is 0 Å². The van der Waals surface area contributed by atoms with Gasteiger partial charge in [-0.05, 0) is 88.1 Å². The van der Waals surface area contributed by atoms with Crippen LogP contribution in [0.2, 0.25) is 0 Å². The van der Waals surface area contributed by atoms with Crippen LogP contribution in [0, 0.1) is 20.8 Å². The molecule has 3 aromatic rings. The van der Waals surface area contributed by atoms with Crippen LogP contribution in [0.15, 0.2) is 42.6 Å². The highest BCUT2D eigenvalue weighted by atomic mass is 14.9. The summed E-state index contributed by atoms with van der Waals surface area (Å²) in [5, 5.41) is 8.34. The minimum absolute atomic E-state index is 0.100. The number of anilines is 2. The van der Waals surface area contributed by atoms with Crippen molar-refractivity contribution < 1.29 is 0 Å². The van der Waals surface area contributed by atoms with Gasteiger partial charge in [0.25, 0.3) is 0 Å². The fourth-order valence-corrected chi connectivity index (χ4v) is 3.07. The molecule has 3 nitrogen and oxygen atoms in total. The number of hydrogen-bond donors (Lipinski definition) is 2. The molecular weight excluding hydrogens is 318 g/mol. The molecule has 0 unspecified atom stereocenters. The lowest BCUT2D eigenvalue weighted by Crippen LogP contribution is -2.35. The zero-order valence-corrected chi connectivity index (χ0v) is 16.7. The third-order valence-electron chi connectivity index (χ3n) is 4.76. The fraction of sp³-hybridized carbons (Fsp3) is 0.348. The van der Waals surface area contributed by atoms with Crippen molar-refractivity contribution in [2.45, 2.75) is 53.6 Å². The number of fused-ring (bicyclic) bond motifs is 1. The minimum Gasteiger partial charge on any atom is -0.355 e. The van der Waals surface area contributed by atoms with Crippen LogP contribution < -0.4 is 10.6 Å². The van der Waals surface area contributed by atoms with Crippen molar-refractivity contribution in [2.24, 2.45) is 0 Å². The maximum atomic E-state index is 4.50. The molecule has 3 heteroatoms. The number of hydrogen-bond acceptors (Lipinski definition) is 3. The van der Waals surface area contributed by atoms with Gasteiger partial charge in [0.05, 0.1) is 5.52 Å². The van der Waals surface area contributed by atoms with Crippen molar-refractivity contribution in [1.82, 2.24) is 10.3 Å². The maximum absolute atomic E-state index is 4.50. The summed E-state index contributed by atoms with van der Waals surface area (Å²) in [6, 6.07) is 12.9. The van der Waals surface area contributed by atoms with Crippen molar-refractivity contribution in [3.05, 3.63) is 64.8 Å². The SMILES string of the molecule is Cc1ccc2c(Nc3cc(C)c(C)c(CNC(C)(C)C)c3)ccnc2c1. The van der Waals surface area contributed by atoms with E-state index in [1.807, 2.05) is 12.3 Å². The summed E-state index contributed by atoms with van der Waals surface area (Å²) in [6.45, 7) is 13.9. The monoisotopic (exact) mass is 347 g/mol. The fourth-order valence-electron chi connectivity index (χ4n) is 3.07. The van der Waals surface area contributed by atoms with E-state index in [4.69, 9.17) is 0 Å². The molecule has 0 radical (unpaired) electrons. The van der Waals surface area contributed by atoms with Crippen molar-refractivity contribution in [3.8, 4) is 0 Å². The lowest BCUT2D eigenvalue weighted by molar-refractivity contribution is 0.424. The van der Waals surface area contributed by atoms with Crippen molar-refractivity contribution >= 4 is 22.3 Å². The molecule has 0 spiro atoms. The summed E-state index contributed by atoms with van der Waals surface area (Å²) in [4.78, 5) is 4.50. The molecule has 136 valence electrons. The molecule has 26 heavy (non-hydrogen) atoms. The van der Waals surface area contributed by atoms with E-state index in [1.165, 1.54) is 22.3 Å². The van der Waals surface area contributed by atoms with Crippen LogP contribution in [0.5, 0.6) is 0 Å². The standard InChI is InChI=1S/C23H29N3/c1-15-7-8-20-21(9-10-24-22(20)11-15)26-19-12-16(2)17(3)18(13-19)14-25-23(4,5)6/h7-13,25H,14H2,1-6H3,(H,24,26). The molecule has 0 aliphatic carbocycles. The summed E-state index contributed by atoms with van der Waals surface area (Å²) in [5.74, 6) is 0. The molecule has 0 fully saturated rings. The molecule has 0 saturated carbocycles. The highest BCUT2D eigenvalue weighted by molar-refractivity contribution is 5.93. The van der Waals surface area contributed by atoms with Gasteiger partial charge >= 0.3 is 0 Å². The Bertz CT molecular complexity index is 936. The van der Waals surface area contributed by atoms with Crippen LogP contribution in [0.3, 0.4) is 0 Å². The average molecular weight is 348 g/mol. The highest BCUT2D eigenvalue weighted by Crippen LogP contribution is 2.28. The second kappa shape index (κ2) is 7.08. The van der Waals surface area contributed by atoms with Crippen LogP contribution in [-0.4, -0.2) is 10.5 Å². The van der Waals surface area contributed by atoms with E-state index in [1.54, 1.807) is 0 Å². The molecule has 1 heterocycles. The summed E-state index contributed by atoms with van der Waals surface area (Å²) in [5.41, 5.74) is 8.54. The van der Waals surface area contributed by atoms with E-state index in [-0.39, 0.29) is 5.54 Å². The summed E-state index contributed by atoms with van der Waals surface area (Å²) >= 11 is 0. The first kappa shape index (κ1) is 18.4. The largest absolute Gasteiger partial charge is 0.355 e. The Balaban J connectivity index is 1.94. The van der Waals surface area contributed by atoms with E-state index in [0.29, 0.717) is 0 Å². The Morgan fingerprint density at radius 2 is 1.73 bits per heavy atom. The summed E-state index contributed by atoms with van der Waals surface area (Å²) < 4.78 is 0. The Morgan fingerprint density at radius 1 is 0.962 bits per heavy atom. The first-order chi connectivity index (χ1) is 12.2. The first-order valence-electron chi connectivity index (χ1n) is 9.20. The zero-order chi connectivity index (χ0) is 18.9. The van der Waals surface area contributed by atoms with Gasteiger partial charge in [0, 0.05) is 35.0 Å². The number of rotatable bonds is 4. The van der Waals surface area contributed by atoms with Gasteiger partial charge in [-0.3, -0.25) is 4.98 Å². The Kier molecular flexibility index (Phi) is 5.01. The van der Waals surface area contributed by atoms with Crippen LogP contribution in [0.4, 0.5) is 11.4 Å². The second-order valence-corrected chi connectivity index (χ2v) is 8.18. The zero-order valence-electron chi connectivity index (χ0n) is 16.7. The van der Waals surface area contributed by atoms with Gasteiger partial charge in [0.15, 0.2) is 0 Å². The average Bonchev–Trinajstić information content (AvgIpc) is 2.56. The van der Waals surface area contributed by atoms with Crippen LogP contribution in [-0.2, 0) is 6.54 Å². The predicted molar refractivity (Wildman–Crippen MR) is 112 cm³/mol. The molecular formula is C23H29N3. The Hall–Kier alpha value is -2.39. The van der Waals surface area contributed by atoms with E-state index < -0.39 is 0 Å². The third kappa shape index (κ3) is 4.23. The van der Waals surface area contributed by atoms with Crippen LogP contribution in [0.25, 0.3) is 10.9 Å². The molecule has 0 atom stereocenters. The third-order valence-corrected chi connectivity index (χ3v) is 4.76. The Morgan fingerprint density at radius 3 is 2.46 bits per heavy atom. The van der Waals surface area contributed by atoms with E-state index >= 15 is 0 Å². The van der Waals surface area contributed by atoms with E-state index in [9.17, 15) is 0 Å². The van der Waals surface area contributed by atoms with Crippen molar-refractivity contribution in [1.29, 1.82) is 0 Å². The molecule has 0 amide bonds. The van der Waals surface area contributed by atoms with Gasteiger partial charge < -0.3 is 10.6 Å². The molecule has 0 aliphatic heterocycles. The highest BCUT2D eigenvalue weighted by Gasteiger charge is 2.12. The van der Waals surface area contributed by atoms with Gasteiger partial charge in [-0.2, -0.15) is 0 Å². The lowest BCUT2D eigenvalue weighted by Gasteiger charge is -2.22. The number of nitrogens with one attached hydrogen (secondary N) is 2. The molecule has 1 aromatic heterocycles. The van der Waals surface area contributed by atoms with Gasteiger partial charge in [0.1, 0.15) is 0 Å². The van der Waals surface area contributed by atoms with Crippen molar-refractivity contribution in [2.75, 3.05) is 5.32 Å². The topological polar surface area (TPSA) is 37.0 Å². The summed E-state index contributed by atoms with van der Waals surface area (Å²) in [6.07, 6.45) is 1.87.